The van der Waals surface area contributed by atoms with Crippen LogP contribution >= 0.6 is 0 Å². The number of carbonyl (C=O) groups is 3. The van der Waals surface area contributed by atoms with Crippen LogP contribution in [0.2, 0.25) is 0 Å². The van der Waals surface area contributed by atoms with Crippen molar-refractivity contribution in [2.75, 3.05) is 29.1 Å². The van der Waals surface area contributed by atoms with E-state index in [4.69, 9.17) is 4.98 Å². The number of pyridine rings is 1. The molecule has 1 saturated heterocycles. The van der Waals surface area contributed by atoms with E-state index in [1.165, 1.54) is 11.9 Å². The number of hydrogen-bond acceptors (Lipinski definition) is 9. The fourth-order valence-electron chi connectivity index (χ4n) is 5.86. The summed E-state index contributed by atoms with van der Waals surface area (Å²) in [6.07, 6.45) is 10.8. The number of nitrogens with one attached hydrogen (secondary N) is 2. The fraction of sp³-hybridized carbons (Fsp3) is 0.419. The minimum Gasteiger partial charge on any atom is -0.364 e. The first-order valence-electron chi connectivity index (χ1n) is 15.1. The first kappa shape index (κ1) is 26.7. The first-order chi connectivity index (χ1) is 21.3. The Morgan fingerprint density at radius 1 is 1.02 bits per heavy atom. The van der Waals surface area contributed by atoms with Crippen LogP contribution in [-0.2, 0) is 16.1 Å². The van der Waals surface area contributed by atoms with Crippen molar-refractivity contribution in [3.63, 3.8) is 0 Å². The molecule has 4 aliphatic rings. The molecular weight excluding hydrogens is 560 g/mol. The Labute approximate surface area is 253 Å². The Morgan fingerprint density at radius 3 is 2.57 bits per heavy atom. The smallest absolute Gasteiger partial charge is 0.331 e. The highest BCUT2D eigenvalue weighted by Gasteiger charge is 2.46. The Morgan fingerprint density at radius 2 is 1.84 bits per heavy atom. The molecule has 1 aliphatic heterocycles. The maximum absolute atomic E-state index is 13.1. The minimum atomic E-state index is -0.348. The zero-order valence-electron chi connectivity index (χ0n) is 24.5. The highest BCUT2D eigenvalue weighted by molar-refractivity contribution is 6.13. The van der Waals surface area contributed by atoms with Crippen molar-refractivity contribution in [2.45, 2.75) is 63.3 Å². The summed E-state index contributed by atoms with van der Waals surface area (Å²) in [5, 5.41) is 6.29. The van der Waals surface area contributed by atoms with Crippen LogP contribution in [0.3, 0.4) is 0 Å². The van der Waals surface area contributed by atoms with Gasteiger partial charge in [-0.2, -0.15) is 4.98 Å². The number of hydrogen-bond donors (Lipinski definition) is 2. The molecule has 2 unspecified atom stereocenters. The Kier molecular flexibility index (Phi) is 6.10. The van der Waals surface area contributed by atoms with Crippen molar-refractivity contribution in [2.24, 2.45) is 5.92 Å². The third kappa shape index (κ3) is 5.01. The number of imidazole rings is 1. The number of fused-ring (bicyclic) bond motifs is 1. The molecule has 2 N–H and O–H groups in total. The molecule has 13 heteroatoms. The number of nitrogens with zero attached hydrogens (tertiary/aromatic N) is 8. The van der Waals surface area contributed by atoms with Crippen molar-refractivity contribution in [1.29, 1.82) is 0 Å². The molecule has 3 aliphatic carbocycles. The highest BCUT2D eigenvalue weighted by Crippen LogP contribution is 2.47. The molecule has 3 saturated carbocycles. The van der Waals surface area contributed by atoms with E-state index in [0.29, 0.717) is 47.8 Å². The van der Waals surface area contributed by atoms with Crippen molar-refractivity contribution < 1.29 is 14.4 Å². The van der Waals surface area contributed by atoms with Gasteiger partial charge in [-0.15, -0.1) is 0 Å². The number of carbonyl (C=O) groups excluding carboxylic acids is 3. The van der Waals surface area contributed by atoms with Gasteiger partial charge in [0, 0.05) is 55.2 Å². The molecule has 0 bridgehead atoms. The lowest BCUT2D eigenvalue weighted by Crippen LogP contribution is -2.30. The third-order valence-electron chi connectivity index (χ3n) is 8.83. The van der Waals surface area contributed by atoms with E-state index >= 15 is 0 Å². The van der Waals surface area contributed by atoms with E-state index in [-0.39, 0.29) is 42.2 Å². The minimum absolute atomic E-state index is 0.00144. The Balaban J connectivity index is 1.02. The Hall–Kier alpha value is -4.94. The SMILES string of the molecule is Cc1ccnc(C2CC2C(=O)Nc2nc(NCc3cn4cc(C5CC5)cc(N5CC(=O)N(C)C5=O)c4n3)cc(C3CC3)n2)n1. The number of urea groups is 1. The number of likely N-dealkylation sites (N-methyl/N-ethyl adjacent to an activating group) is 1. The summed E-state index contributed by atoms with van der Waals surface area (Å²) in [6, 6.07) is 5.43. The second-order valence-corrected chi connectivity index (χ2v) is 12.3. The third-order valence-corrected chi connectivity index (χ3v) is 8.83. The van der Waals surface area contributed by atoms with Crippen molar-refractivity contribution in [3.8, 4) is 0 Å². The van der Waals surface area contributed by atoms with Crippen LogP contribution in [0.5, 0.6) is 0 Å². The average Bonchev–Trinajstić information content (AvgIpc) is 3.89. The normalized spacial score (nSPS) is 21.3. The molecule has 44 heavy (non-hydrogen) atoms. The van der Waals surface area contributed by atoms with Crippen LogP contribution < -0.4 is 15.5 Å². The summed E-state index contributed by atoms with van der Waals surface area (Å²) < 4.78 is 1.95. The lowest BCUT2D eigenvalue weighted by molar-refractivity contribution is -0.124. The van der Waals surface area contributed by atoms with Gasteiger partial charge >= 0.3 is 6.03 Å². The van der Waals surface area contributed by atoms with Crippen molar-refractivity contribution in [3.05, 3.63) is 65.3 Å². The predicted octanol–water partition coefficient (Wildman–Crippen LogP) is 3.73. The molecule has 0 aromatic carbocycles. The van der Waals surface area contributed by atoms with Gasteiger partial charge < -0.3 is 9.72 Å². The summed E-state index contributed by atoms with van der Waals surface area (Å²) in [5.74, 6) is 1.85. The molecule has 5 heterocycles. The quantitative estimate of drug-likeness (QED) is 0.277. The van der Waals surface area contributed by atoms with E-state index in [0.717, 1.165) is 53.2 Å². The van der Waals surface area contributed by atoms with E-state index in [1.807, 2.05) is 35.7 Å². The van der Waals surface area contributed by atoms with Gasteiger partial charge in [0.05, 0.1) is 23.6 Å². The topological polar surface area (TPSA) is 151 Å². The number of imide groups is 1. The van der Waals surface area contributed by atoms with Crippen molar-refractivity contribution in [1.82, 2.24) is 34.2 Å². The average molecular weight is 593 g/mol. The molecular formula is C31H32N10O3. The van der Waals surface area contributed by atoms with E-state index < -0.39 is 0 Å². The lowest BCUT2D eigenvalue weighted by Gasteiger charge is -2.17. The second-order valence-electron chi connectivity index (χ2n) is 12.3. The summed E-state index contributed by atoms with van der Waals surface area (Å²) >= 11 is 0. The zero-order chi connectivity index (χ0) is 30.1. The van der Waals surface area contributed by atoms with Crippen LogP contribution in [0, 0.1) is 12.8 Å². The fourth-order valence-corrected chi connectivity index (χ4v) is 5.86. The highest BCUT2D eigenvalue weighted by atomic mass is 16.2. The van der Waals surface area contributed by atoms with Gasteiger partial charge in [0.25, 0.3) is 0 Å². The number of rotatable bonds is 9. The molecule has 8 rings (SSSR count). The summed E-state index contributed by atoms with van der Waals surface area (Å²) in [4.78, 5) is 63.8. The van der Waals surface area contributed by atoms with Crippen LogP contribution in [-0.4, -0.2) is 65.7 Å². The number of aromatic nitrogens is 6. The molecule has 0 radical (unpaired) electrons. The van der Waals surface area contributed by atoms with E-state index in [2.05, 4.69) is 36.8 Å². The monoisotopic (exact) mass is 592 g/mol. The van der Waals surface area contributed by atoms with Gasteiger partial charge in [-0.05, 0) is 62.6 Å². The number of aryl methyl sites for hydroxylation is 1. The molecule has 2 atom stereocenters. The molecule has 224 valence electrons. The van der Waals surface area contributed by atoms with Gasteiger partial charge in [-0.3, -0.25) is 24.7 Å². The Bertz CT molecular complexity index is 1850. The number of anilines is 3. The summed E-state index contributed by atoms with van der Waals surface area (Å²) in [6.45, 7) is 2.29. The van der Waals surface area contributed by atoms with E-state index in [9.17, 15) is 14.4 Å². The van der Waals surface area contributed by atoms with Gasteiger partial charge in [-0.1, -0.05) is 0 Å². The first-order valence-corrected chi connectivity index (χ1v) is 15.1. The van der Waals surface area contributed by atoms with Gasteiger partial charge in [-0.25, -0.2) is 24.7 Å². The van der Waals surface area contributed by atoms with Crippen molar-refractivity contribution >= 4 is 40.9 Å². The molecule has 4 amide bonds. The molecule has 4 fully saturated rings. The van der Waals surface area contributed by atoms with Crippen LogP contribution in [0.15, 0.2) is 36.8 Å². The van der Waals surface area contributed by atoms with Crippen LogP contribution in [0.1, 0.15) is 78.3 Å². The maximum atomic E-state index is 13.1. The van der Waals surface area contributed by atoms with Crippen LogP contribution in [0.4, 0.5) is 22.2 Å². The lowest BCUT2D eigenvalue weighted by atomic mass is 10.1. The molecule has 13 nitrogen and oxygen atoms in total. The van der Waals surface area contributed by atoms with Crippen LogP contribution in [0.25, 0.3) is 5.65 Å². The summed E-state index contributed by atoms with van der Waals surface area (Å²) in [7, 11) is 1.50. The number of amides is 4. The van der Waals surface area contributed by atoms with Gasteiger partial charge in [0.15, 0.2) is 5.65 Å². The standard InChI is InChI=1S/C31H32N10O3/c1-16-7-8-32-27(34-16)21-10-22(21)29(43)38-30-36-23(18-5-6-18)11-25(37-30)33-12-20-14-40-13-19(17-3-4-17)9-24(28(40)35-20)41-15-26(42)39(2)31(41)44/h7-9,11,13-14,17-18,21-22H,3-6,10,12,15H2,1-2H3,(H2,33,36,37,38,43). The van der Waals surface area contributed by atoms with E-state index in [1.54, 1.807) is 6.20 Å². The largest absolute Gasteiger partial charge is 0.364 e. The summed E-state index contributed by atoms with van der Waals surface area (Å²) in [5.41, 5.74) is 4.93. The zero-order valence-corrected chi connectivity index (χ0v) is 24.5. The molecule has 4 aromatic heterocycles. The molecule has 0 spiro atoms. The van der Waals surface area contributed by atoms with Gasteiger partial charge in [0.2, 0.25) is 17.8 Å². The molecule has 4 aromatic rings. The second kappa shape index (κ2) is 10.1. The maximum Gasteiger partial charge on any atom is 0.331 e. The predicted molar refractivity (Wildman–Crippen MR) is 160 cm³/mol. The van der Waals surface area contributed by atoms with Gasteiger partial charge in [0.1, 0.15) is 18.2 Å².